The molecule has 2 bridgehead atoms. The second-order valence-electron chi connectivity index (χ2n) is 6.97. The monoisotopic (exact) mass is 389 g/mol. The molecule has 146 valence electrons. The Kier molecular flexibility index (Phi) is 3.79. The number of nitrogens with one attached hydrogen (secondary N) is 1. The second-order valence-corrected chi connectivity index (χ2v) is 6.97. The fourth-order valence-electron chi connectivity index (χ4n) is 3.81. The van der Waals surface area contributed by atoms with E-state index in [9.17, 15) is 13.6 Å². The highest BCUT2D eigenvalue weighted by atomic mass is 19.3. The van der Waals surface area contributed by atoms with E-state index in [4.69, 9.17) is 4.74 Å². The normalized spacial score (nSPS) is 21.2. The first-order valence-electron chi connectivity index (χ1n) is 8.85. The summed E-state index contributed by atoms with van der Waals surface area (Å²) in [6, 6.07) is 2.13. The topological polar surface area (TPSA) is 89.6 Å². The van der Waals surface area contributed by atoms with Gasteiger partial charge in [0.2, 0.25) is 0 Å². The van der Waals surface area contributed by atoms with Crippen LogP contribution in [0.1, 0.15) is 28.9 Å². The predicted molar refractivity (Wildman–Crippen MR) is 94.6 cm³/mol. The van der Waals surface area contributed by atoms with E-state index in [1.54, 1.807) is 6.20 Å². The van der Waals surface area contributed by atoms with Gasteiger partial charge in [-0.1, -0.05) is 0 Å². The Hall–Kier alpha value is -3.08. The molecule has 2 aliphatic rings. The van der Waals surface area contributed by atoms with E-state index in [0.717, 1.165) is 18.8 Å². The first kappa shape index (κ1) is 17.0. The number of carbonyl (C=O) groups is 1. The van der Waals surface area contributed by atoms with E-state index in [1.807, 2.05) is 6.07 Å². The minimum absolute atomic E-state index is 0.0352. The van der Waals surface area contributed by atoms with Crippen LogP contribution < -0.4 is 10.2 Å². The number of aromatic nitrogens is 5. The molecule has 3 aromatic heterocycles. The Morgan fingerprint density at radius 2 is 2.29 bits per heavy atom. The molecule has 5 rings (SSSR count). The van der Waals surface area contributed by atoms with Gasteiger partial charge in [0.15, 0.2) is 11.3 Å². The Bertz CT molecular complexity index is 1060. The molecule has 0 radical (unpaired) electrons. The Labute approximate surface area is 157 Å². The van der Waals surface area contributed by atoms with E-state index in [0.29, 0.717) is 12.3 Å². The molecule has 1 amide bonds. The zero-order valence-electron chi connectivity index (χ0n) is 14.9. The Morgan fingerprint density at radius 1 is 1.43 bits per heavy atom. The highest BCUT2D eigenvalue weighted by molar-refractivity contribution is 6.08. The number of nitrogens with zero attached hydrogens (tertiary/aromatic N) is 6. The van der Waals surface area contributed by atoms with Crippen molar-refractivity contribution in [2.45, 2.75) is 25.0 Å². The van der Waals surface area contributed by atoms with Crippen LogP contribution in [0.15, 0.2) is 24.7 Å². The molecule has 5 heterocycles. The average molecular weight is 389 g/mol. The van der Waals surface area contributed by atoms with Crippen molar-refractivity contribution in [2.75, 3.05) is 23.4 Å². The number of rotatable bonds is 4. The molecular weight excluding hydrogens is 372 g/mol. The zero-order chi connectivity index (χ0) is 19.4. The lowest BCUT2D eigenvalue weighted by molar-refractivity contribution is 0.0988. The SMILES string of the molecule is Cn1cc(NC(=O)c2cnn3ccc(N4C[C@@H]5C[C@H]4CO5)nc23)c(C(F)F)n1. The van der Waals surface area contributed by atoms with Crippen LogP contribution in [0.4, 0.5) is 20.3 Å². The molecule has 2 aliphatic heterocycles. The third-order valence-electron chi connectivity index (χ3n) is 5.11. The summed E-state index contributed by atoms with van der Waals surface area (Å²) in [7, 11) is 1.51. The summed E-state index contributed by atoms with van der Waals surface area (Å²) in [5, 5.41) is 10.3. The average Bonchev–Trinajstić information content (AvgIpc) is 3.43. The van der Waals surface area contributed by atoms with E-state index >= 15 is 0 Å². The van der Waals surface area contributed by atoms with E-state index < -0.39 is 18.0 Å². The third-order valence-corrected chi connectivity index (χ3v) is 5.11. The smallest absolute Gasteiger partial charge is 0.284 e. The van der Waals surface area contributed by atoms with Crippen molar-refractivity contribution in [1.29, 1.82) is 0 Å². The molecule has 2 atom stereocenters. The number of alkyl halides is 2. The first-order chi connectivity index (χ1) is 13.5. The summed E-state index contributed by atoms with van der Waals surface area (Å²) >= 11 is 0. The fraction of sp³-hybridized carbons (Fsp3) is 0.412. The van der Waals surface area contributed by atoms with Crippen molar-refractivity contribution in [3.63, 3.8) is 0 Å². The molecule has 3 aromatic rings. The third kappa shape index (κ3) is 2.70. The summed E-state index contributed by atoms with van der Waals surface area (Å²) in [6.07, 6.45) is 2.84. The van der Waals surface area contributed by atoms with Crippen LogP contribution in [-0.4, -0.2) is 55.6 Å². The van der Waals surface area contributed by atoms with Gasteiger partial charge in [0.05, 0.1) is 30.6 Å². The Morgan fingerprint density at radius 3 is 3.00 bits per heavy atom. The molecule has 9 nitrogen and oxygen atoms in total. The van der Waals surface area contributed by atoms with Crippen LogP contribution >= 0.6 is 0 Å². The van der Waals surface area contributed by atoms with Gasteiger partial charge >= 0.3 is 0 Å². The largest absolute Gasteiger partial charge is 0.374 e. The van der Waals surface area contributed by atoms with Gasteiger partial charge in [-0.05, 0) is 12.5 Å². The molecule has 0 aromatic carbocycles. The number of hydrogen-bond acceptors (Lipinski definition) is 6. The van der Waals surface area contributed by atoms with Crippen molar-refractivity contribution >= 4 is 23.1 Å². The van der Waals surface area contributed by atoms with Gasteiger partial charge in [-0.2, -0.15) is 10.2 Å². The summed E-state index contributed by atoms with van der Waals surface area (Å²) in [4.78, 5) is 19.5. The minimum atomic E-state index is -2.79. The highest BCUT2D eigenvalue weighted by Gasteiger charge is 2.39. The maximum absolute atomic E-state index is 13.1. The zero-order valence-corrected chi connectivity index (χ0v) is 14.9. The molecule has 2 fully saturated rings. The number of halogens is 2. The number of aryl methyl sites for hydroxylation is 1. The molecule has 2 saturated heterocycles. The quantitative estimate of drug-likeness (QED) is 0.730. The number of carbonyl (C=O) groups excluding carboxylic acids is 1. The highest BCUT2D eigenvalue weighted by Crippen LogP contribution is 2.32. The van der Waals surface area contributed by atoms with E-state index in [2.05, 4.69) is 25.4 Å². The number of amides is 1. The van der Waals surface area contributed by atoms with Crippen LogP contribution in [0.3, 0.4) is 0 Å². The van der Waals surface area contributed by atoms with Crippen molar-refractivity contribution in [2.24, 2.45) is 7.05 Å². The van der Waals surface area contributed by atoms with Gasteiger partial charge in [0.1, 0.15) is 11.4 Å². The predicted octanol–water partition coefficient (Wildman–Crippen LogP) is 1.63. The van der Waals surface area contributed by atoms with Crippen LogP contribution in [0.2, 0.25) is 0 Å². The van der Waals surface area contributed by atoms with Crippen LogP contribution in [-0.2, 0) is 11.8 Å². The lowest BCUT2D eigenvalue weighted by Gasteiger charge is -2.27. The van der Waals surface area contributed by atoms with Crippen LogP contribution in [0.5, 0.6) is 0 Å². The fourth-order valence-corrected chi connectivity index (χ4v) is 3.81. The lowest BCUT2D eigenvalue weighted by atomic mass is 10.2. The standard InChI is InChI=1S/C17H17F2N7O2/c1-24-7-12(14(23-24)15(18)19)21-17(27)11-5-20-26-3-2-13(22-16(11)26)25-6-10-4-9(25)8-28-10/h2-3,5,7,9-10,15H,4,6,8H2,1H3,(H,21,27)/t9-,10-/m0/s1. The summed E-state index contributed by atoms with van der Waals surface area (Å²) < 4.78 is 34.6. The Balaban J connectivity index is 1.46. The molecule has 0 unspecified atom stereocenters. The lowest BCUT2D eigenvalue weighted by Crippen LogP contribution is -2.37. The van der Waals surface area contributed by atoms with Crippen LogP contribution in [0, 0.1) is 0 Å². The molecular formula is C17H17F2N7O2. The molecule has 1 N–H and O–H groups in total. The molecule has 0 saturated carbocycles. The van der Waals surface area contributed by atoms with Crippen molar-refractivity contribution in [3.8, 4) is 0 Å². The summed E-state index contributed by atoms with van der Waals surface area (Å²) in [6.45, 7) is 1.43. The molecule has 0 aliphatic carbocycles. The van der Waals surface area contributed by atoms with E-state index in [-0.39, 0.29) is 23.4 Å². The van der Waals surface area contributed by atoms with Gasteiger partial charge in [-0.15, -0.1) is 0 Å². The van der Waals surface area contributed by atoms with E-state index in [1.165, 1.54) is 28.6 Å². The number of fused-ring (bicyclic) bond motifs is 3. The first-order valence-corrected chi connectivity index (χ1v) is 8.85. The molecule has 0 spiro atoms. The van der Waals surface area contributed by atoms with Crippen molar-refractivity contribution in [1.82, 2.24) is 24.4 Å². The van der Waals surface area contributed by atoms with Crippen LogP contribution in [0.25, 0.3) is 5.65 Å². The number of hydrogen-bond donors (Lipinski definition) is 1. The maximum atomic E-state index is 13.1. The number of ether oxygens (including phenoxy) is 1. The van der Waals surface area contributed by atoms with Gasteiger partial charge in [-0.25, -0.2) is 18.3 Å². The minimum Gasteiger partial charge on any atom is -0.374 e. The van der Waals surface area contributed by atoms with Crippen molar-refractivity contribution < 1.29 is 18.3 Å². The summed E-state index contributed by atoms with van der Waals surface area (Å²) in [5.74, 6) is 0.174. The van der Waals surface area contributed by atoms with Gasteiger partial charge in [-0.3, -0.25) is 9.48 Å². The van der Waals surface area contributed by atoms with Crippen molar-refractivity contribution in [3.05, 3.63) is 35.9 Å². The van der Waals surface area contributed by atoms with Gasteiger partial charge < -0.3 is 15.0 Å². The second kappa shape index (κ2) is 6.23. The summed E-state index contributed by atoms with van der Waals surface area (Å²) in [5.41, 5.74) is 0.0498. The maximum Gasteiger partial charge on any atom is 0.284 e. The molecule has 11 heteroatoms. The number of morpholine rings is 1. The number of anilines is 2. The molecule has 28 heavy (non-hydrogen) atoms. The van der Waals surface area contributed by atoms with Gasteiger partial charge in [0.25, 0.3) is 12.3 Å². The van der Waals surface area contributed by atoms with Gasteiger partial charge in [0, 0.05) is 26.0 Å².